The standard InChI is InChI=1S/C14H17ClN2O/c1-10-4-2-6-12-14(10)16-13(8-15)17(12)9-11-5-3-7-18-11/h2,4,6,11H,3,5,7-9H2,1H3. The van der Waals surface area contributed by atoms with E-state index in [2.05, 4.69) is 34.7 Å². The molecule has 0 amide bonds. The highest BCUT2D eigenvalue weighted by atomic mass is 35.5. The third-order valence-electron chi connectivity index (χ3n) is 3.59. The number of imidazole rings is 1. The third-order valence-corrected chi connectivity index (χ3v) is 3.83. The van der Waals surface area contributed by atoms with Crippen LogP contribution in [0.4, 0.5) is 0 Å². The summed E-state index contributed by atoms with van der Waals surface area (Å²) in [6.45, 7) is 3.83. The Labute approximate surface area is 112 Å². The number of hydrogen-bond acceptors (Lipinski definition) is 2. The average Bonchev–Trinajstić information content (AvgIpc) is 2.99. The fourth-order valence-electron chi connectivity index (χ4n) is 2.63. The first kappa shape index (κ1) is 12.0. The first-order chi connectivity index (χ1) is 8.79. The molecule has 18 heavy (non-hydrogen) atoms. The number of ether oxygens (including phenoxy) is 1. The van der Waals surface area contributed by atoms with Crippen LogP contribution in [0.5, 0.6) is 0 Å². The number of alkyl halides is 1. The molecule has 0 saturated carbocycles. The number of rotatable bonds is 3. The maximum atomic E-state index is 6.02. The average molecular weight is 265 g/mol. The van der Waals surface area contributed by atoms with Gasteiger partial charge in [0.1, 0.15) is 5.82 Å². The third kappa shape index (κ3) is 2.02. The molecule has 1 aliphatic rings. The molecule has 2 heterocycles. The van der Waals surface area contributed by atoms with Gasteiger partial charge in [-0.3, -0.25) is 0 Å². The summed E-state index contributed by atoms with van der Waals surface area (Å²) in [7, 11) is 0. The van der Waals surface area contributed by atoms with E-state index in [0.717, 1.165) is 37.3 Å². The molecule has 1 fully saturated rings. The van der Waals surface area contributed by atoms with Crippen LogP contribution in [0, 0.1) is 6.92 Å². The SMILES string of the molecule is Cc1cccc2c1nc(CCl)n2CC1CCCO1. The van der Waals surface area contributed by atoms with Crippen LogP contribution in [-0.4, -0.2) is 22.3 Å². The van der Waals surface area contributed by atoms with Crippen molar-refractivity contribution in [1.29, 1.82) is 0 Å². The van der Waals surface area contributed by atoms with Crippen molar-refractivity contribution in [3.63, 3.8) is 0 Å². The molecule has 0 N–H and O–H groups in total. The van der Waals surface area contributed by atoms with Crippen molar-refractivity contribution in [1.82, 2.24) is 9.55 Å². The van der Waals surface area contributed by atoms with Crippen LogP contribution < -0.4 is 0 Å². The van der Waals surface area contributed by atoms with Gasteiger partial charge < -0.3 is 9.30 Å². The molecule has 1 saturated heterocycles. The van der Waals surface area contributed by atoms with Gasteiger partial charge in [-0.1, -0.05) is 12.1 Å². The van der Waals surface area contributed by atoms with Gasteiger partial charge in [-0.2, -0.15) is 0 Å². The molecule has 1 aliphatic heterocycles. The quantitative estimate of drug-likeness (QED) is 0.796. The number of aryl methyl sites for hydroxylation is 1. The Balaban J connectivity index is 2.04. The molecule has 0 bridgehead atoms. The highest BCUT2D eigenvalue weighted by Gasteiger charge is 2.19. The lowest BCUT2D eigenvalue weighted by molar-refractivity contribution is 0.0974. The number of nitrogens with zero attached hydrogens (tertiary/aromatic N) is 2. The first-order valence-electron chi connectivity index (χ1n) is 6.42. The zero-order valence-corrected chi connectivity index (χ0v) is 11.3. The maximum absolute atomic E-state index is 6.02. The summed E-state index contributed by atoms with van der Waals surface area (Å²) in [5.74, 6) is 1.39. The summed E-state index contributed by atoms with van der Waals surface area (Å²) < 4.78 is 7.93. The van der Waals surface area contributed by atoms with Crippen LogP contribution >= 0.6 is 11.6 Å². The van der Waals surface area contributed by atoms with Crippen molar-refractivity contribution < 1.29 is 4.74 Å². The molecule has 0 spiro atoms. The van der Waals surface area contributed by atoms with Crippen LogP contribution in [0.1, 0.15) is 24.2 Å². The number of benzene rings is 1. The van der Waals surface area contributed by atoms with Gasteiger partial charge in [0.2, 0.25) is 0 Å². The zero-order valence-electron chi connectivity index (χ0n) is 10.5. The summed E-state index contributed by atoms with van der Waals surface area (Å²) in [6, 6.07) is 6.27. The normalized spacial score (nSPS) is 19.8. The molecule has 4 heteroatoms. The van der Waals surface area contributed by atoms with E-state index in [1.165, 1.54) is 11.1 Å². The maximum Gasteiger partial charge on any atom is 0.124 e. The fraction of sp³-hybridized carbons (Fsp3) is 0.500. The van der Waals surface area contributed by atoms with Crippen LogP contribution in [0.15, 0.2) is 18.2 Å². The lowest BCUT2D eigenvalue weighted by Gasteiger charge is -2.13. The predicted molar refractivity (Wildman–Crippen MR) is 73.0 cm³/mol. The van der Waals surface area contributed by atoms with Crippen molar-refractivity contribution >= 4 is 22.6 Å². The molecule has 3 rings (SSSR count). The van der Waals surface area contributed by atoms with Gasteiger partial charge in [0, 0.05) is 6.61 Å². The minimum absolute atomic E-state index is 0.310. The highest BCUT2D eigenvalue weighted by molar-refractivity contribution is 6.16. The van der Waals surface area contributed by atoms with Gasteiger partial charge in [0.25, 0.3) is 0 Å². The van der Waals surface area contributed by atoms with Gasteiger partial charge in [-0.25, -0.2) is 4.98 Å². The number of para-hydroxylation sites is 1. The van der Waals surface area contributed by atoms with Crippen molar-refractivity contribution in [3.05, 3.63) is 29.6 Å². The van der Waals surface area contributed by atoms with Crippen molar-refractivity contribution in [2.75, 3.05) is 6.61 Å². The van der Waals surface area contributed by atoms with E-state index in [-0.39, 0.29) is 0 Å². The Bertz CT molecular complexity index is 558. The molecule has 1 aromatic heterocycles. The van der Waals surface area contributed by atoms with E-state index >= 15 is 0 Å². The second-order valence-electron chi connectivity index (χ2n) is 4.85. The van der Waals surface area contributed by atoms with Crippen LogP contribution in [-0.2, 0) is 17.2 Å². The highest BCUT2D eigenvalue weighted by Crippen LogP contribution is 2.23. The second kappa shape index (κ2) is 4.90. The number of hydrogen-bond donors (Lipinski definition) is 0. The summed E-state index contributed by atoms with van der Waals surface area (Å²) >= 11 is 6.02. The molecular weight excluding hydrogens is 248 g/mol. The van der Waals surface area contributed by atoms with Gasteiger partial charge in [0.05, 0.1) is 29.6 Å². The number of fused-ring (bicyclic) bond motifs is 1. The van der Waals surface area contributed by atoms with Gasteiger partial charge >= 0.3 is 0 Å². The lowest BCUT2D eigenvalue weighted by Crippen LogP contribution is -2.16. The molecular formula is C14H17ClN2O. The van der Waals surface area contributed by atoms with Gasteiger partial charge in [0.15, 0.2) is 0 Å². The van der Waals surface area contributed by atoms with Crippen LogP contribution in [0.2, 0.25) is 0 Å². The monoisotopic (exact) mass is 264 g/mol. The largest absolute Gasteiger partial charge is 0.376 e. The van der Waals surface area contributed by atoms with Crippen molar-refractivity contribution in [2.24, 2.45) is 0 Å². The lowest BCUT2D eigenvalue weighted by atomic mass is 10.2. The minimum Gasteiger partial charge on any atom is -0.376 e. The Hall–Kier alpha value is -1.06. The summed E-state index contributed by atoms with van der Waals surface area (Å²) in [6.07, 6.45) is 2.60. The second-order valence-corrected chi connectivity index (χ2v) is 5.12. The van der Waals surface area contributed by atoms with Crippen molar-refractivity contribution in [3.8, 4) is 0 Å². The first-order valence-corrected chi connectivity index (χ1v) is 6.95. The molecule has 1 atom stereocenters. The molecule has 1 unspecified atom stereocenters. The predicted octanol–water partition coefficient (Wildman–Crippen LogP) is 3.26. The summed E-state index contributed by atoms with van der Waals surface area (Å²) in [4.78, 5) is 4.65. The van der Waals surface area contributed by atoms with Crippen LogP contribution in [0.3, 0.4) is 0 Å². The number of halogens is 1. The molecule has 0 radical (unpaired) electrons. The Morgan fingerprint density at radius 2 is 2.39 bits per heavy atom. The number of aromatic nitrogens is 2. The molecule has 96 valence electrons. The molecule has 0 aliphatic carbocycles. The van der Waals surface area contributed by atoms with Gasteiger partial charge in [-0.15, -0.1) is 11.6 Å². The zero-order chi connectivity index (χ0) is 12.5. The smallest absolute Gasteiger partial charge is 0.124 e. The van der Waals surface area contributed by atoms with E-state index in [1.54, 1.807) is 0 Å². The minimum atomic E-state index is 0.310. The van der Waals surface area contributed by atoms with Gasteiger partial charge in [-0.05, 0) is 31.4 Å². The van der Waals surface area contributed by atoms with E-state index in [4.69, 9.17) is 16.3 Å². The molecule has 1 aromatic carbocycles. The van der Waals surface area contributed by atoms with E-state index in [9.17, 15) is 0 Å². The van der Waals surface area contributed by atoms with E-state index in [1.807, 2.05) is 0 Å². The Kier molecular flexibility index (Phi) is 3.27. The van der Waals surface area contributed by atoms with Crippen molar-refractivity contribution in [2.45, 2.75) is 38.3 Å². The molecule has 2 aromatic rings. The Morgan fingerprint density at radius 3 is 3.11 bits per heavy atom. The van der Waals surface area contributed by atoms with E-state index < -0.39 is 0 Å². The van der Waals surface area contributed by atoms with Crippen LogP contribution in [0.25, 0.3) is 11.0 Å². The topological polar surface area (TPSA) is 27.1 Å². The summed E-state index contributed by atoms with van der Waals surface area (Å²) in [5, 5.41) is 0. The Morgan fingerprint density at radius 1 is 1.50 bits per heavy atom. The molecule has 3 nitrogen and oxygen atoms in total. The van der Waals surface area contributed by atoms with E-state index in [0.29, 0.717) is 12.0 Å². The fourth-order valence-corrected chi connectivity index (χ4v) is 2.84. The summed E-state index contributed by atoms with van der Waals surface area (Å²) in [5.41, 5.74) is 3.43.